The van der Waals surface area contributed by atoms with Gasteiger partial charge in [0.1, 0.15) is 0 Å². The molecule has 0 unspecified atom stereocenters. The minimum Gasteiger partial charge on any atom is -0.334 e. The maximum absolute atomic E-state index is 13.4. The third-order valence-electron chi connectivity index (χ3n) is 3.81. The predicted molar refractivity (Wildman–Crippen MR) is 94.3 cm³/mol. The Bertz CT molecular complexity index is 880. The summed E-state index contributed by atoms with van der Waals surface area (Å²) >= 11 is 1.27. The highest BCUT2D eigenvalue weighted by atomic mass is 32.1. The van der Waals surface area contributed by atoms with Gasteiger partial charge in [0.15, 0.2) is 11.6 Å². The van der Waals surface area contributed by atoms with Crippen molar-refractivity contribution < 1.29 is 13.6 Å². The van der Waals surface area contributed by atoms with Crippen LogP contribution in [-0.2, 0) is 6.54 Å². The van der Waals surface area contributed by atoms with E-state index in [-0.39, 0.29) is 5.91 Å². The van der Waals surface area contributed by atoms with Gasteiger partial charge in [-0.05, 0) is 54.4 Å². The van der Waals surface area contributed by atoms with E-state index in [9.17, 15) is 13.6 Å². The first kappa shape index (κ1) is 17.2. The lowest BCUT2D eigenvalue weighted by Crippen LogP contribution is -2.29. The molecule has 0 saturated heterocycles. The van der Waals surface area contributed by atoms with Crippen LogP contribution >= 0.6 is 11.3 Å². The molecule has 2 aromatic heterocycles. The Labute approximate surface area is 148 Å². The fourth-order valence-corrected chi connectivity index (χ4v) is 3.42. The highest BCUT2D eigenvalue weighted by Crippen LogP contribution is 2.30. The molecule has 128 valence electrons. The van der Waals surface area contributed by atoms with E-state index in [4.69, 9.17) is 0 Å². The maximum Gasteiger partial charge on any atom is 0.264 e. The van der Waals surface area contributed by atoms with Crippen molar-refractivity contribution in [2.75, 3.05) is 6.54 Å². The van der Waals surface area contributed by atoms with Crippen LogP contribution in [0.3, 0.4) is 0 Å². The number of halogens is 2. The predicted octanol–water partition coefficient (Wildman–Crippen LogP) is 4.75. The molecular formula is C19H16F2N2OS. The van der Waals surface area contributed by atoms with Gasteiger partial charge in [-0.3, -0.25) is 9.78 Å². The van der Waals surface area contributed by atoms with Crippen molar-refractivity contribution in [1.29, 1.82) is 0 Å². The third-order valence-corrected chi connectivity index (χ3v) is 4.93. The lowest BCUT2D eigenvalue weighted by Gasteiger charge is -2.20. The van der Waals surface area contributed by atoms with Crippen LogP contribution < -0.4 is 0 Å². The van der Waals surface area contributed by atoms with Gasteiger partial charge in [-0.25, -0.2) is 8.78 Å². The molecule has 0 fully saturated rings. The Morgan fingerprint density at radius 3 is 2.52 bits per heavy atom. The van der Waals surface area contributed by atoms with Gasteiger partial charge in [0, 0.05) is 30.4 Å². The van der Waals surface area contributed by atoms with Crippen LogP contribution in [-0.4, -0.2) is 22.3 Å². The number of benzene rings is 1. The summed E-state index contributed by atoms with van der Waals surface area (Å²) < 4.78 is 26.5. The topological polar surface area (TPSA) is 33.2 Å². The summed E-state index contributed by atoms with van der Waals surface area (Å²) in [6, 6.07) is 11.0. The average Bonchev–Trinajstić information content (AvgIpc) is 3.12. The number of hydrogen-bond acceptors (Lipinski definition) is 3. The molecule has 0 aliphatic carbocycles. The Morgan fingerprint density at radius 1 is 1.08 bits per heavy atom. The number of carbonyl (C=O) groups is 1. The van der Waals surface area contributed by atoms with Gasteiger partial charge in [0.2, 0.25) is 0 Å². The molecule has 3 rings (SSSR count). The molecule has 0 N–H and O–H groups in total. The molecule has 2 heterocycles. The Balaban J connectivity index is 1.80. The Morgan fingerprint density at radius 2 is 1.84 bits per heavy atom. The fraction of sp³-hybridized carbons (Fsp3) is 0.158. The third kappa shape index (κ3) is 3.91. The van der Waals surface area contributed by atoms with E-state index >= 15 is 0 Å². The van der Waals surface area contributed by atoms with Gasteiger partial charge in [0.25, 0.3) is 5.91 Å². The second-order valence-electron chi connectivity index (χ2n) is 5.47. The minimum absolute atomic E-state index is 0.0851. The summed E-state index contributed by atoms with van der Waals surface area (Å²) in [6.45, 7) is 2.98. The van der Waals surface area contributed by atoms with Crippen molar-refractivity contribution >= 4 is 17.2 Å². The van der Waals surface area contributed by atoms with Gasteiger partial charge in [-0.15, -0.1) is 11.3 Å². The molecule has 0 atom stereocenters. The first-order valence-electron chi connectivity index (χ1n) is 7.82. The van der Waals surface area contributed by atoms with Crippen LogP contribution in [0, 0.1) is 11.6 Å². The molecule has 0 spiro atoms. The van der Waals surface area contributed by atoms with E-state index in [2.05, 4.69) is 4.98 Å². The van der Waals surface area contributed by atoms with Gasteiger partial charge >= 0.3 is 0 Å². The van der Waals surface area contributed by atoms with Crippen molar-refractivity contribution in [3.8, 4) is 10.4 Å². The molecule has 0 aliphatic rings. The lowest BCUT2D eigenvalue weighted by molar-refractivity contribution is 0.0757. The fourth-order valence-electron chi connectivity index (χ4n) is 2.45. The highest BCUT2D eigenvalue weighted by Gasteiger charge is 2.17. The second kappa shape index (κ2) is 7.53. The first-order valence-corrected chi connectivity index (χ1v) is 8.63. The normalized spacial score (nSPS) is 10.7. The second-order valence-corrected chi connectivity index (χ2v) is 6.55. The quantitative estimate of drug-likeness (QED) is 0.659. The van der Waals surface area contributed by atoms with E-state index in [1.807, 2.05) is 19.1 Å². The van der Waals surface area contributed by atoms with E-state index < -0.39 is 11.6 Å². The van der Waals surface area contributed by atoms with E-state index in [1.165, 1.54) is 17.4 Å². The molecule has 0 aliphatic heterocycles. The molecule has 3 nitrogen and oxygen atoms in total. The zero-order valence-corrected chi connectivity index (χ0v) is 14.4. The van der Waals surface area contributed by atoms with Crippen molar-refractivity contribution in [2.24, 2.45) is 0 Å². The van der Waals surface area contributed by atoms with E-state index in [1.54, 1.807) is 29.4 Å². The SMILES string of the molecule is CCN(Cc1ccncc1)C(=O)c1ccc(-c2ccc(F)c(F)c2)s1. The number of nitrogens with zero attached hydrogens (tertiary/aromatic N) is 2. The summed E-state index contributed by atoms with van der Waals surface area (Å²) in [5, 5.41) is 0. The minimum atomic E-state index is -0.897. The van der Waals surface area contributed by atoms with Gasteiger partial charge in [0.05, 0.1) is 4.88 Å². The number of thiophene rings is 1. The van der Waals surface area contributed by atoms with Crippen molar-refractivity contribution in [3.63, 3.8) is 0 Å². The lowest BCUT2D eigenvalue weighted by atomic mass is 10.2. The van der Waals surface area contributed by atoms with Gasteiger partial charge in [-0.1, -0.05) is 6.07 Å². The largest absolute Gasteiger partial charge is 0.334 e. The van der Waals surface area contributed by atoms with Crippen LogP contribution in [0.2, 0.25) is 0 Å². The van der Waals surface area contributed by atoms with Crippen LogP contribution in [0.4, 0.5) is 8.78 Å². The highest BCUT2D eigenvalue weighted by molar-refractivity contribution is 7.17. The Kier molecular flexibility index (Phi) is 5.19. The number of amides is 1. The van der Waals surface area contributed by atoms with Gasteiger partial charge < -0.3 is 4.90 Å². The monoisotopic (exact) mass is 358 g/mol. The van der Waals surface area contributed by atoms with Crippen molar-refractivity contribution in [2.45, 2.75) is 13.5 Å². The van der Waals surface area contributed by atoms with Crippen LogP contribution in [0.5, 0.6) is 0 Å². The number of aromatic nitrogens is 1. The van der Waals surface area contributed by atoms with Crippen LogP contribution in [0.25, 0.3) is 10.4 Å². The average molecular weight is 358 g/mol. The van der Waals surface area contributed by atoms with Crippen molar-refractivity contribution in [3.05, 3.63) is 76.9 Å². The number of carbonyl (C=O) groups excluding carboxylic acids is 1. The summed E-state index contributed by atoms with van der Waals surface area (Å²) in [7, 11) is 0. The Hall–Kier alpha value is -2.60. The standard InChI is InChI=1S/C19H16F2N2OS/c1-2-23(12-13-7-9-22-10-8-13)19(24)18-6-5-17(25-18)14-3-4-15(20)16(21)11-14/h3-11H,2,12H2,1H3. The summed E-state index contributed by atoms with van der Waals surface area (Å²) in [5.74, 6) is -1.86. The number of rotatable bonds is 5. The molecule has 0 bridgehead atoms. The van der Waals surface area contributed by atoms with E-state index in [0.29, 0.717) is 23.5 Å². The van der Waals surface area contributed by atoms with Crippen LogP contribution in [0.15, 0.2) is 54.9 Å². The van der Waals surface area contributed by atoms with E-state index in [0.717, 1.165) is 22.6 Å². The van der Waals surface area contributed by atoms with Crippen molar-refractivity contribution in [1.82, 2.24) is 9.88 Å². The zero-order chi connectivity index (χ0) is 17.8. The molecule has 0 saturated carbocycles. The molecule has 3 aromatic rings. The molecular weight excluding hydrogens is 342 g/mol. The first-order chi connectivity index (χ1) is 12.1. The maximum atomic E-state index is 13.4. The molecule has 1 aromatic carbocycles. The van der Waals surface area contributed by atoms with Gasteiger partial charge in [-0.2, -0.15) is 0 Å². The number of hydrogen-bond donors (Lipinski definition) is 0. The summed E-state index contributed by atoms with van der Waals surface area (Å²) in [4.78, 5) is 19.7. The van der Waals surface area contributed by atoms with Crippen LogP contribution in [0.1, 0.15) is 22.2 Å². The number of pyridine rings is 1. The molecule has 25 heavy (non-hydrogen) atoms. The molecule has 1 amide bonds. The molecule has 0 radical (unpaired) electrons. The summed E-state index contributed by atoms with van der Waals surface area (Å²) in [6.07, 6.45) is 3.39. The smallest absolute Gasteiger partial charge is 0.264 e. The molecule has 6 heteroatoms. The summed E-state index contributed by atoms with van der Waals surface area (Å²) in [5.41, 5.74) is 1.56. The zero-order valence-electron chi connectivity index (χ0n) is 13.6.